The van der Waals surface area contributed by atoms with E-state index in [2.05, 4.69) is 0 Å². The summed E-state index contributed by atoms with van der Waals surface area (Å²) in [6.07, 6.45) is -0.581. The fourth-order valence-corrected chi connectivity index (χ4v) is 0.919. The third-order valence-corrected chi connectivity index (χ3v) is 1.52. The van der Waals surface area contributed by atoms with E-state index in [0.29, 0.717) is 6.42 Å². The summed E-state index contributed by atoms with van der Waals surface area (Å²) in [4.78, 5) is 10.3. The largest absolute Gasteiger partial charge is 0.480 e. The minimum absolute atomic E-state index is 0.105. The Morgan fingerprint density at radius 2 is 1.92 bits per heavy atom. The van der Waals surface area contributed by atoms with Crippen molar-refractivity contribution in [3.05, 3.63) is 0 Å². The number of carbonyl (C=O) groups is 1. The lowest BCUT2D eigenvalue weighted by Gasteiger charge is -2.24. The van der Waals surface area contributed by atoms with E-state index in [4.69, 9.17) is 10.8 Å². The molecule has 72 valence electrons. The van der Waals surface area contributed by atoms with E-state index in [0.717, 1.165) is 0 Å². The molecule has 0 aliphatic heterocycles. The first kappa shape index (κ1) is 11.4. The number of carboxylic acid groups (broad SMARTS) is 1. The monoisotopic (exact) mass is 175 g/mol. The van der Waals surface area contributed by atoms with E-state index in [9.17, 15) is 9.90 Å². The van der Waals surface area contributed by atoms with Gasteiger partial charge in [0, 0.05) is 0 Å². The standard InChI is InChI=1S/C8H17NO3/c1-8(2,3)4-5(10)6(9)7(11)12/h5-6,10H,4,9H2,1-3H3,(H,11,12). The van der Waals surface area contributed by atoms with Crippen molar-refractivity contribution in [3.63, 3.8) is 0 Å². The van der Waals surface area contributed by atoms with Crippen LogP contribution < -0.4 is 5.73 Å². The Morgan fingerprint density at radius 1 is 1.50 bits per heavy atom. The molecule has 2 unspecified atom stereocenters. The zero-order valence-corrected chi connectivity index (χ0v) is 7.74. The third kappa shape index (κ3) is 4.31. The predicted octanol–water partition coefficient (Wildman–Crippen LogP) is 0.195. The van der Waals surface area contributed by atoms with Crippen LogP contribution in [0.2, 0.25) is 0 Å². The van der Waals surface area contributed by atoms with Gasteiger partial charge < -0.3 is 15.9 Å². The van der Waals surface area contributed by atoms with Gasteiger partial charge in [-0.2, -0.15) is 0 Å². The van der Waals surface area contributed by atoms with Gasteiger partial charge in [-0.25, -0.2) is 0 Å². The van der Waals surface area contributed by atoms with Gasteiger partial charge in [-0.1, -0.05) is 20.8 Å². The fraction of sp³-hybridized carbons (Fsp3) is 0.875. The van der Waals surface area contributed by atoms with Crippen LogP contribution in [0.15, 0.2) is 0 Å². The summed E-state index contributed by atoms with van der Waals surface area (Å²) in [7, 11) is 0. The molecule has 0 rings (SSSR count). The second-order valence-corrected chi connectivity index (χ2v) is 4.20. The van der Waals surface area contributed by atoms with Crippen molar-refractivity contribution in [2.24, 2.45) is 11.1 Å². The molecule has 0 saturated heterocycles. The normalized spacial score (nSPS) is 17.1. The van der Waals surface area contributed by atoms with Crippen molar-refractivity contribution in [1.29, 1.82) is 0 Å². The molecule has 2 atom stereocenters. The van der Waals surface area contributed by atoms with E-state index >= 15 is 0 Å². The van der Waals surface area contributed by atoms with Crippen LogP contribution in [-0.2, 0) is 4.79 Å². The van der Waals surface area contributed by atoms with Gasteiger partial charge in [-0.15, -0.1) is 0 Å². The Hall–Kier alpha value is -0.610. The molecule has 0 radical (unpaired) electrons. The summed E-state index contributed by atoms with van der Waals surface area (Å²) >= 11 is 0. The number of aliphatic carboxylic acids is 1. The smallest absolute Gasteiger partial charge is 0.323 e. The number of hydrogen-bond acceptors (Lipinski definition) is 3. The lowest BCUT2D eigenvalue weighted by Crippen LogP contribution is -2.43. The van der Waals surface area contributed by atoms with Crippen LogP contribution >= 0.6 is 0 Å². The first-order valence-corrected chi connectivity index (χ1v) is 3.90. The molecule has 0 aromatic carbocycles. The van der Waals surface area contributed by atoms with E-state index in [-0.39, 0.29) is 5.41 Å². The minimum Gasteiger partial charge on any atom is -0.480 e. The highest BCUT2D eigenvalue weighted by Crippen LogP contribution is 2.21. The average Bonchev–Trinajstić information content (AvgIpc) is 1.82. The summed E-state index contributed by atoms with van der Waals surface area (Å²) in [5.74, 6) is -1.16. The highest BCUT2D eigenvalue weighted by molar-refractivity contribution is 5.73. The molecule has 0 spiro atoms. The van der Waals surface area contributed by atoms with Gasteiger partial charge in [0.1, 0.15) is 6.04 Å². The zero-order valence-electron chi connectivity index (χ0n) is 7.74. The van der Waals surface area contributed by atoms with Crippen LogP contribution in [0.4, 0.5) is 0 Å². The van der Waals surface area contributed by atoms with Crippen LogP contribution in [0.5, 0.6) is 0 Å². The maximum atomic E-state index is 10.3. The van der Waals surface area contributed by atoms with Crippen LogP contribution in [0.25, 0.3) is 0 Å². The van der Waals surface area contributed by atoms with Gasteiger partial charge >= 0.3 is 5.97 Å². The Bertz CT molecular complexity index is 162. The quantitative estimate of drug-likeness (QED) is 0.572. The van der Waals surface area contributed by atoms with Crippen LogP contribution in [0.1, 0.15) is 27.2 Å². The summed E-state index contributed by atoms with van der Waals surface area (Å²) in [5.41, 5.74) is 5.11. The molecule has 12 heavy (non-hydrogen) atoms. The van der Waals surface area contributed by atoms with Gasteiger partial charge in [-0.3, -0.25) is 4.79 Å². The number of rotatable bonds is 3. The predicted molar refractivity (Wildman–Crippen MR) is 45.7 cm³/mol. The molecule has 0 fully saturated rings. The van der Waals surface area contributed by atoms with Crippen molar-refractivity contribution in [3.8, 4) is 0 Å². The Balaban J connectivity index is 4.04. The lowest BCUT2D eigenvalue weighted by atomic mass is 9.87. The molecular formula is C8H17NO3. The minimum atomic E-state index is -1.18. The van der Waals surface area contributed by atoms with Crippen LogP contribution in [0.3, 0.4) is 0 Å². The van der Waals surface area contributed by atoms with Crippen molar-refractivity contribution in [1.82, 2.24) is 0 Å². The molecular weight excluding hydrogens is 158 g/mol. The lowest BCUT2D eigenvalue weighted by molar-refractivity contribution is -0.141. The molecule has 0 aromatic rings. The summed E-state index contributed by atoms with van der Waals surface area (Å²) in [6, 6.07) is -1.18. The summed E-state index contributed by atoms with van der Waals surface area (Å²) in [6.45, 7) is 5.76. The number of hydrogen-bond donors (Lipinski definition) is 3. The maximum absolute atomic E-state index is 10.3. The topological polar surface area (TPSA) is 83.5 Å². The van der Waals surface area contributed by atoms with E-state index < -0.39 is 18.1 Å². The van der Waals surface area contributed by atoms with Crippen molar-refractivity contribution >= 4 is 5.97 Å². The number of aliphatic hydroxyl groups is 1. The Morgan fingerprint density at radius 3 is 2.17 bits per heavy atom. The number of carboxylic acids is 1. The molecule has 0 heterocycles. The molecule has 0 aromatic heterocycles. The Kier molecular flexibility index (Phi) is 3.67. The van der Waals surface area contributed by atoms with Gasteiger partial charge in [0.2, 0.25) is 0 Å². The third-order valence-electron chi connectivity index (χ3n) is 1.52. The first-order valence-electron chi connectivity index (χ1n) is 3.90. The summed E-state index contributed by atoms with van der Waals surface area (Å²) in [5, 5.41) is 17.8. The van der Waals surface area contributed by atoms with Crippen LogP contribution in [-0.4, -0.2) is 28.3 Å². The van der Waals surface area contributed by atoms with Gasteiger partial charge in [0.05, 0.1) is 6.10 Å². The maximum Gasteiger partial charge on any atom is 0.323 e. The molecule has 0 aliphatic rings. The second-order valence-electron chi connectivity index (χ2n) is 4.20. The average molecular weight is 175 g/mol. The van der Waals surface area contributed by atoms with E-state index in [1.165, 1.54) is 0 Å². The number of nitrogens with two attached hydrogens (primary N) is 1. The van der Waals surface area contributed by atoms with Crippen molar-refractivity contribution in [2.75, 3.05) is 0 Å². The SMILES string of the molecule is CC(C)(C)CC(O)C(N)C(=O)O. The van der Waals surface area contributed by atoms with Crippen molar-refractivity contribution in [2.45, 2.75) is 39.3 Å². The van der Waals surface area contributed by atoms with E-state index in [1.807, 2.05) is 20.8 Å². The first-order chi connectivity index (χ1) is 5.24. The molecule has 0 aliphatic carbocycles. The molecule has 0 saturated carbocycles. The van der Waals surface area contributed by atoms with Gasteiger partial charge in [0.25, 0.3) is 0 Å². The highest BCUT2D eigenvalue weighted by atomic mass is 16.4. The molecule has 4 nitrogen and oxygen atoms in total. The fourth-order valence-electron chi connectivity index (χ4n) is 0.919. The number of aliphatic hydroxyl groups excluding tert-OH is 1. The summed E-state index contributed by atoms with van der Waals surface area (Å²) < 4.78 is 0. The van der Waals surface area contributed by atoms with Gasteiger partial charge in [0.15, 0.2) is 0 Å². The molecule has 0 amide bonds. The second kappa shape index (κ2) is 3.87. The molecule has 4 heteroatoms. The zero-order chi connectivity index (χ0) is 9.94. The van der Waals surface area contributed by atoms with E-state index in [1.54, 1.807) is 0 Å². The molecule has 0 bridgehead atoms. The van der Waals surface area contributed by atoms with Crippen LogP contribution in [0, 0.1) is 5.41 Å². The highest BCUT2D eigenvalue weighted by Gasteiger charge is 2.26. The molecule has 4 N–H and O–H groups in total. The Labute approximate surface area is 72.4 Å². The van der Waals surface area contributed by atoms with Gasteiger partial charge in [-0.05, 0) is 11.8 Å². The van der Waals surface area contributed by atoms with Crippen molar-refractivity contribution < 1.29 is 15.0 Å².